The molecule has 1 rings (SSSR count). The molecule has 0 aliphatic carbocycles. The Kier molecular flexibility index (Phi) is 5.65. The van der Waals surface area contributed by atoms with Crippen LogP contribution in [0, 0.1) is 10.1 Å². The van der Waals surface area contributed by atoms with Crippen LogP contribution in [-0.4, -0.2) is 48.8 Å². The lowest BCUT2D eigenvalue weighted by molar-refractivity contribution is -0.383. The molecule has 0 spiro atoms. The van der Waals surface area contributed by atoms with E-state index in [9.17, 15) is 19.7 Å². The van der Waals surface area contributed by atoms with E-state index in [0.29, 0.717) is 6.54 Å². The molecule has 2 amide bonds. The number of hydrogen-bond acceptors (Lipinski definition) is 5. The molecule has 0 saturated heterocycles. The Morgan fingerprint density at radius 2 is 2.05 bits per heavy atom. The molecule has 2 N–H and O–H groups in total. The molecule has 8 heteroatoms. The summed E-state index contributed by atoms with van der Waals surface area (Å²) in [7, 11) is 3.11. The fourth-order valence-electron chi connectivity index (χ4n) is 1.60. The van der Waals surface area contributed by atoms with Gasteiger partial charge in [-0.2, -0.15) is 0 Å². The number of carbonyl (C=O) groups is 2. The summed E-state index contributed by atoms with van der Waals surface area (Å²) in [6, 6.07) is 3.96. The highest BCUT2D eigenvalue weighted by Gasteiger charge is 2.17. The molecule has 0 radical (unpaired) electrons. The molecule has 0 heterocycles. The van der Waals surface area contributed by atoms with Crippen LogP contribution in [0.3, 0.4) is 0 Å². The van der Waals surface area contributed by atoms with Crippen LogP contribution >= 0.6 is 0 Å². The number of likely N-dealkylation sites (N-methyl/N-ethyl adjacent to an activating group) is 1. The van der Waals surface area contributed by atoms with Crippen LogP contribution < -0.4 is 10.6 Å². The third kappa shape index (κ3) is 4.16. The van der Waals surface area contributed by atoms with Crippen LogP contribution in [0.2, 0.25) is 0 Å². The summed E-state index contributed by atoms with van der Waals surface area (Å²) in [6.07, 6.45) is 0. The van der Waals surface area contributed by atoms with Gasteiger partial charge < -0.3 is 15.5 Å². The Balaban J connectivity index is 2.99. The van der Waals surface area contributed by atoms with Crippen molar-refractivity contribution in [2.45, 2.75) is 6.92 Å². The van der Waals surface area contributed by atoms with Crippen LogP contribution in [0.4, 0.5) is 11.4 Å². The molecule has 0 unspecified atom stereocenters. The number of rotatable bonds is 6. The normalized spacial score (nSPS) is 9.86. The van der Waals surface area contributed by atoms with Crippen molar-refractivity contribution in [1.82, 2.24) is 10.2 Å². The largest absolute Gasteiger partial charge is 0.371 e. The minimum atomic E-state index is -0.566. The van der Waals surface area contributed by atoms with Crippen LogP contribution in [0.25, 0.3) is 0 Å². The predicted molar refractivity (Wildman–Crippen MR) is 78.3 cm³/mol. The van der Waals surface area contributed by atoms with Gasteiger partial charge in [0, 0.05) is 32.3 Å². The summed E-state index contributed by atoms with van der Waals surface area (Å²) in [4.78, 5) is 35.2. The van der Waals surface area contributed by atoms with Gasteiger partial charge in [-0.1, -0.05) is 0 Å². The minimum Gasteiger partial charge on any atom is -0.371 e. The molecule has 1 aromatic carbocycles. The molecule has 0 fully saturated rings. The minimum absolute atomic E-state index is 0.0810. The second-order valence-corrected chi connectivity index (χ2v) is 4.33. The second kappa shape index (κ2) is 7.22. The zero-order valence-electron chi connectivity index (χ0n) is 12.2. The summed E-state index contributed by atoms with van der Waals surface area (Å²) in [5, 5.41) is 16.1. The summed E-state index contributed by atoms with van der Waals surface area (Å²) < 4.78 is 0. The molecule has 0 aliphatic rings. The Hall–Kier alpha value is -2.64. The van der Waals surface area contributed by atoms with Crippen molar-refractivity contribution in [3.8, 4) is 0 Å². The van der Waals surface area contributed by atoms with Gasteiger partial charge in [-0.05, 0) is 19.1 Å². The van der Waals surface area contributed by atoms with Gasteiger partial charge in [0.1, 0.15) is 5.69 Å². The number of nitrogens with one attached hydrogen (secondary N) is 2. The first-order valence-electron chi connectivity index (χ1n) is 6.39. The van der Waals surface area contributed by atoms with Gasteiger partial charge in [0.05, 0.1) is 11.5 Å². The van der Waals surface area contributed by atoms with E-state index in [-0.39, 0.29) is 35.3 Å². The van der Waals surface area contributed by atoms with E-state index in [2.05, 4.69) is 10.6 Å². The van der Waals surface area contributed by atoms with Gasteiger partial charge in [-0.3, -0.25) is 19.7 Å². The number of nitro groups is 1. The monoisotopic (exact) mass is 294 g/mol. The van der Waals surface area contributed by atoms with E-state index < -0.39 is 4.92 Å². The quantitative estimate of drug-likeness (QED) is 0.597. The molecule has 8 nitrogen and oxygen atoms in total. The maximum absolute atomic E-state index is 11.7. The van der Waals surface area contributed by atoms with E-state index >= 15 is 0 Å². The molecule has 1 aromatic rings. The van der Waals surface area contributed by atoms with Crippen molar-refractivity contribution in [1.29, 1.82) is 0 Å². The zero-order chi connectivity index (χ0) is 16.0. The van der Waals surface area contributed by atoms with E-state index in [1.54, 1.807) is 7.05 Å². The van der Waals surface area contributed by atoms with Crippen molar-refractivity contribution < 1.29 is 14.5 Å². The lowest BCUT2D eigenvalue weighted by atomic mass is 10.1. The van der Waals surface area contributed by atoms with Crippen molar-refractivity contribution in [3.05, 3.63) is 33.9 Å². The van der Waals surface area contributed by atoms with Crippen LogP contribution in [-0.2, 0) is 4.79 Å². The number of amides is 2. The smallest absolute Gasteiger partial charge is 0.292 e. The molecule has 0 saturated carbocycles. The van der Waals surface area contributed by atoms with E-state index in [1.165, 1.54) is 30.1 Å². The fourth-order valence-corrected chi connectivity index (χ4v) is 1.60. The summed E-state index contributed by atoms with van der Waals surface area (Å²) in [5.41, 5.74) is 0.232. The summed E-state index contributed by atoms with van der Waals surface area (Å²) in [5.74, 6) is -0.554. The van der Waals surface area contributed by atoms with Crippen molar-refractivity contribution in [2.24, 2.45) is 0 Å². The molecule has 0 bridgehead atoms. The predicted octanol–water partition coefficient (Wildman–Crippen LogP) is 0.845. The average molecular weight is 294 g/mol. The highest BCUT2D eigenvalue weighted by Crippen LogP contribution is 2.25. The van der Waals surface area contributed by atoms with Gasteiger partial charge in [0.15, 0.2) is 0 Å². The Bertz CT molecular complexity index is 559. The topological polar surface area (TPSA) is 105 Å². The molecule has 0 aromatic heterocycles. The van der Waals surface area contributed by atoms with Gasteiger partial charge in [0.25, 0.3) is 11.6 Å². The Morgan fingerprint density at radius 1 is 1.38 bits per heavy atom. The fraction of sp³-hybridized carbons (Fsp3) is 0.385. The number of nitro benzene ring substituents is 1. The SMILES string of the molecule is CCN(C)C(=O)CNc1cc(C(=O)NC)ccc1[N+](=O)[O-]. The standard InChI is InChI=1S/C13H18N4O4/c1-4-16(3)12(18)8-15-10-7-9(13(19)14-2)5-6-11(10)17(20)21/h5-7,15H,4,8H2,1-3H3,(H,14,19). The van der Waals surface area contributed by atoms with Crippen molar-refractivity contribution >= 4 is 23.2 Å². The average Bonchev–Trinajstić information content (AvgIpc) is 2.50. The van der Waals surface area contributed by atoms with Gasteiger partial charge in [-0.15, -0.1) is 0 Å². The summed E-state index contributed by atoms with van der Waals surface area (Å²) >= 11 is 0. The van der Waals surface area contributed by atoms with Crippen molar-refractivity contribution in [3.63, 3.8) is 0 Å². The van der Waals surface area contributed by atoms with Crippen LogP contribution in [0.15, 0.2) is 18.2 Å². The van der Waals surface area contributed by atoms with Crippen LogP contribution in [0.1, 0.15) is 17.3 Å². The van der Waals surface area contributed by atoms with E-state index in [4.69, 9.17) is 0 Å². The first kappa shape index (κ1) is 16.4. The van der Waals surface area contributed by atoms with E-state index in [1.807, 2.05) is 6.92 Å². The first-order chi connectivity index (χ1) is 9.90. The van der Waals surface area contributed by atoms with Crippen LogP contribution in [0.5, 0.6) is 0 Å². The second-order valence-electron chi connectivity index (χ2n) is 4.33. The number of carbonyl (C=O) groups excluding carboxylic acids is 2. The first-order valence-corrected chi connectivity index (χ1v) is 6.39. The molecule has 21 heavy (non-hydrogen) atoms. The zero-order valence-corrected chi connectivity index (χ0v) is 12.2. The number of benzene rings is 1. The lowest BCUT2D eigenvalue weighted by Crippen LogP contribution is -2.32. The maximum atomic E-state index is 11.7. The lowest BCUT2D eigenvalue weighted by Gasteiger charge is -2.15. The summed E-state index contributed by atoms with van der Waals surface area (Å²) in [6.45, 7) is 2.29. The maximum Gasteiger partial charge on any atom is 0.292 e. The van der Waals surface area contributed by atoms with Gasteiger partial charge in [-0.25, -0.2) is 0 Å². The van der Waals surface area contributed by atoms with Crippen molar-refractivity contribution in [2.75, 3.05) is 32.5 Å². The molecular formula is C13H18N4O4. The number of nitrogens with zero attached hydrogens (tertiary/aromatic N) is 2. The molecule has 114 valence electrons. The Morgan fingerprint density at radius 3 is 2.57 bits per heavy atom. The molecular weight excluding hydrogens is 276 g/mol. The molecule has 0 atom stereocenters. The third-order valence-electron chi connectivity index (χ3n) is 3.01. The van der Waals surface area contributed by atoms with Gasteiger partial charge in [0.2, 0.25) is 5.91 Å². The van der Waals surface area contributed by atoms with Gasteiger partial charge >= 0.3 is 0 Å². The molecule has 0 aliphatic heterocycles. The number of anilines is 1. The Labute approximate surface area is 122 Å². The third-order valence-corrected chi connectivity index (χ3v) is 3.01. The number of hydrogen-bond donors (Lipinski definition) is 2. The van der Waals surface area contributed by atoms with E-state index in [0.717, 1.165) is 0 Å². The highest BCUT2D eigenvalue weighted by atomic mass is 16.6. The highest BCUT2D eigenvalue weighted by molar-refractivity contribution is 5.96.